The number of hydrogen-bond donors (Lipinski definition) is 0. The first-order valence-corrected chi connectivity index (χ1v) is 4.51. The molecule has 1 amide bonds. The van der Waals surface area contributed by atoms with Gasteiger partial charge in [-0.2, -0.15) is 13.2 Å². The molecule has 5 heteroatoms. The Hall–Kier alpha value is -0.740. The summed E-state index contributed by atoms with van der Waals surface area (Å²) in [6.45, 7) is 2.77. The Morgan fingerprint density at radius 3 is 1.57 bits per heavy atom. The molecule has 0 rings (SSSR count). The van der Waals surface area contributed by atoms with Crippen LogP contribution in [0.2, 0.25) is 0 Å². The van der Waals surface area contributed by atoms with E-state index in [0.29, 0.717) is 0 Å². The summed E-state index contributed by atoms with van der Waals surface area (Å²) in [7, 11) is 2.68. The van der Waals surface area contributed by atoms with Crippen LogP contribution in [0.1, 0.15) is 26.7 Å². The highest BCUT2D eigenvalue weighted by Gasteiger charge is 2.58. The Bertz CT molecular complexity index is 207. The predicted octanol–water partition coefficient (Wildman–Crippen LogP) is 2.44. The topological polar surface area (TPSA) is 20.3 Å². The summed E-state index contributed by atoms with van der Waals surface area (Å²) < 4.78 is 38.2. The van der Waals surface area contributed by atoms with E-state index in [1.807, 2.05) is 0 Å². The van der Waals surface area contributed by atoms with E-state index < -0.39 is 17.5 Å². The number of hydrogen-bond acceptors (Lipinski definition) is 1. The first-order chi connectivity index (χ1) is 6.23. The lowest BCUT2D eigenvalue weighted by Gasteiger charge is -2.34. The van der Waals surface area contributed by atoms with Crippen LogP contribution in [0.3, 0.4) is 0 Å². The lowest BCUT2D eigenvalue weighted by atomic mass is 9.80. The molecule has 0 radical (unpaired) electrons. The molecule has 14 heavy (non-hydrogen) atoms. The number of amides is 1. The molecule has 2 nitrogen and oxygen atoms in total. The standard InChI is InChI=1S/C9H16F3NO/c1-5-8(6-2,9(10,11)12)7(14)13(3)4/h5-6H2,1-4H3. The minimum Gasteiger partial charge on any atom is -0.348 e. The van der Waals surface area contributed by atoms with Gasteiger partial charge in [-0.1, -0.05) is 13.8 Å². The molecule has 0 aromatic carbocycles. The lowest BCUT2D eigenvalue weighted by molar-refractivity contribution is -0.228. The summed E-state index contributed by atoms with van der Waals surface area (Å²) in [5.41, 5.74) is -2.21. The first kappa shape index (κ1) is 13.3. The zero-order valence-electron chi connectivity index (χ0n) is 8.90. The molecule has 0 aliphatic carbocycles. The lowest BCUT2D eigenvalue weighted by Crippen LogP contribution is -2.49. The molecule has 0 spiro atoms. The first-order valence-electron chi connectivity index (χ1n) is 4.51. The molecule has 0 heterocycles. The Morgan fingerprint density at radius 2 is 1.50 bits per heavy atom. The molecule has 0 N–H and O–H groups in total. The van der Waals surface area contributed by atoms with Crippen LogP contribution in [0.5, 0.6) is 0 Å². The minimum atomic E-state index is -4.47. The molecule has 0 aromatic rings. The third-order valence-corrected chi connectivity index (χ3v) is 2.57. The van der Waals surface area contributed by atoms with Gasteiger partial charge in [0.25, 0.3) is 0 Å². The van der Waals surface area contributed by atoms with Gasteiger partial charge in [0.2, 0.25) is 5.91 Å². The van der Waals surface area contributed by atoms with Gasteiger partial charge in [0, 0.05) is 14.1 Å². The molecule has 0 saturated carbocycles. The molecule has 0 aliphatic rings. The highest BCUT2D eigenvalue weighted by atomic mass is 19.4. The molecule has 0 fully saturated rings. The zero-order valence-corrected chi connectivity index (χ0v) is 8.90. The highest BCUT2D eigenvalue weighted by Crippen LogP contribution is 2.44. The van der Waals surface area contributed by atoms with E-state index in [4.69, 9.17) is 0 Å². The Balaban J connectivity index is 5.19. The predicted molar refractivity (Wildman–Crippen MR) is 47.8 cm³/mol. The number of alkyl halides is 3. The average Bonchev–Trinajstić information content (AvgIpc) is 2.04. The minimum absolute atomic E-state index is 0.218. The molecule has 0 aromatic heterocycles. The van der Waals surface area contributed by atoms with Crippen molar-refractivity contribution in [1.82, 2.24) is 4.90 Å². The number of rotatable bonds is 3. The van der Waals surface area contributed by atoms with Crippen molar-refractivity contribution in [1.29, 1.82) is 0 Å². The van der Waals surface area contributed by atoms with Crippen molar-refractivity contribution in [2.24, 2.45) is 5.41 Å². The van der Waals surface area contributed by atoms with Crippen LogP contribution in [-0.4, -0.2) is 31.1 Å². The molecule has 0 atom stereocenters. The van der Waals surface area contributed by atoms with Crippen molar-refractivity contribution in [2.75, 3.05) is 14.1 Å². The van der Waals surface area contributed by atoms with E-state index in [-0.39, 0.29) is 12.8 Å². The summed E-state index contributed by atoms with van der Waals surface area (Å²) in [5.74, 6) is -0.866. The fourth-order valence-electron chi connectivity index (χ4n) is 1.50. The monoisotopic (exact) mass is 211 g/mol. The van der Waals surface area contributed by atoms with Gasteiger partial charge in [0.15, 0.2) is 0 Å². The van der Waals surface area contributed by atoms with E-state index in [1.165, 1.54) is 27.9 Å². The number of carbonyl (C=O) groups is 1. The summed E-state index contributed by atoms with van der Waals surface area (Å²) in [4.78, 5) is 12.5. The van der Waals surface area contributed by atoms with Crippen molar-refractivity contribution >= 4 is 5.91 Å². The van der Waals surface area contributed by atoms with Crippen molar-refractivity contribution in [3.8, 4) is 0 Å². The van der Waals surface area contributed by atoms with Gasteiger partial charge in [-0.25, -0.2) is 0 Å². The number of nitrogens with zero attached hydrogens (tertiary/aromatic N) is 1. The fraction of sp³-hybridized carbons (Fsp3) is 0.889. The van der Waals surface area contributed by atoms with Gasteiger partial charge >= 0.3 is 6.18 Å². The quantitative estimate of drug-likeness (QED) is 0.702. The largest absolute Gasteiger partial charge is 0.403 e. The van der Waals surface area contributed by atoms with Crippen LogP contribution in [0.4, 0.5) is 13.2 Å². The molecular formula is C9H16F3NO. The summed E-state index contributed by atoms with van der Waals surface area (Å²) in [6, 6.07) is 0. The van der Waals surface area contributed by atoms with Crippen molar-refractivity contribution in [2.45, 2.75) is 32.9 Å². The smallest absolute Gasteiger partial charge is 0.348 e. The van der Waals surface area contributed by atoms with Gasteiger partial charge in [-0.3, -0.25) is 4.79 Å². The molecule has 0 saturated heterocycles. The van der Waals surface area contributed by atoms with E-state index >= 15 is 0 Å². The van der Waals surface area contributed by atoms with Gasteiger partial charge in [-0.05, 0) is 12.8 Å². The van der Waals surface area contributed by atoms with E-state index in [1.54, 1.807) is 0 Å². The van der Waals surface area contributed by atoms with Crippen LogP contribution in [0, 0.1) is 5.41 Å². The fourth-order valence-corrected chi connectivity index (χ4v) is 1.50. The van der Waals surface area contributed by atoms with Crippen molar-refractivity contribution in [3.63, 3.8) is 0 Å². The molecular weight excluding hydrogens is 195 g/mol. The average molecular weight is 211 g/mol. The van der Waals surface area contributed by atoms with E-state index in [9.17, 15) is 18.0 Å². The van der Waals surface area contributed by atoms with Crippen molar-refractivity contribution < 1.29 is 18.0 Å². The maximum Gasteiger partial charge on any atom is 0.403 e. The van der Waals surface area contributed by atoms with Gasteiger partial charge in [-0.15, -0.1) is 0 Å². The number of carbonyl (C=O) groups excluding carboxylic acids is 1. The number of halogens is 3. The second-order valence-corrected chi connectivity index (χ2v) is 3.49. The molecule has 84 valence electrons. The second kappa shape index (κ2) is 4.19. The van der Waals surface area contributed by atoms with E-state index in [0.717, 1.165) is 4.90 Å². The highest BCUT2D eigenvalue weighted by molar-refractivity contribution is 5.83. The van der Waals surface area contributed by atoms with E-state index in [2.05, 4.69) is 0 Å². The van der Waals surface area contributed by atoms with Crippen LogP contribution in [0.25, 0.3) is 0 Å². The van der Waals surface area contributed by atoms with Crippen LogP contribution in [0.15, 0.2) is 0 Å². The Kier molecular flexibility index (Phi) is 3.97. The third kappa shape index (κ3) is 2.01. The second-order valence-electron chi connectivity index (χ2n) is 3.49. The van der Waals surface area contributed by atoms with Crippen LogP contribution >= 0.6 is 0 Å². The zero-order chi connectivity index (χ0) is 11.6. The Labute approximate surface area is 82.1 Å². The van der Waals surface area contributed by atoms with Gasteiger partial charge < -0.3 is 4.90 Å². The maximum atomic E-state index is 12.7. The SMILES string of the molecule is CCC(CC)(C(=O)N(C)C)C(F)(F)F. The molecule has 0 aliphatic heterocycles. The Morgan fingerprint density at radius 1 is 1.14 bits per heavy atom. The normalized spacial score (nSPS) is 12.8. The van der Waals surface area contributed by atoms with Crippen LogP contribution in [-0.2, 0) is 4.79 Å². The summed E-state index contributed by atoms with van der Waals surface area (Å²) in [6.07, 6.45) is -4.91. The maximum absolute atomic E-state index is 12.7. The van der Waals surface area contributed by atoms with Gasteiger partial charge in [0.05, 0.1) is 0 Å². The molecule has 0 unspecified atom stereocenters. The van der Waals surface area contributed by atoms with Crippen LogP contribution < -0.4 is 0 Å². The van der Waals surface area contributed by atoms with Gasteiger partial charge in [0.1, 0.15) is 5.41 Å². The summed E-state index contributed by atoms with van der Waals surface area (Å²) >= 11 is 0. The van der Waals surface area contributed by atoms with Crippen molar-refractivity contribution in [3.05, 3.63) is 0 Å². The third-order valence-electron chi connectivity index (χ3n) is 2.57. The molecule has 0 bridgehead atoms. The summed E-state index contributed by atoms with van der Waals surface area (Å²) in [5, 5.41) is 0.